The molecule has 202 valence electrons. The van der Waals surface area contributed by atoms with Crippen LogP contribution in [0.3, 0.4) is 0 Å². The molecule has 8 heteroatoms. The van der Waals surface area contributed by atoms with Crippen molar-refractivity contribution >= 4 is 29.1 Å². The zero-order chi connectivity index (χ0) is 27.5. The molecule has 1 atom stereocenters. The number of carbonyl (C=O) groups excluding carboxylic acids is 1. The predicted molar refractivity (Wildman–Crippen MR) is 155 cm³/mol. The fraction of sp³-hybridized carbons (Fsp3) is 0.290. The van der Waals surface area contributed by atoms with Crippen molar-refractivity contribution in [3.05, 3.63) is 98.7 Å². The molecular formula is C31H31Cl2N3O3. The van der Waals surface area contributed by atoms with Crippen LogP contribution < -0.4 is 4.74 Å². The molecule has 3 aromatic carbocycles. The molecule has 1 unspecified atom stereocenters. The van der Waals surface area contributed by atoms with Gasteiger partial charge in [-0.05, 0) is 60.4 Å². The fourth-order valence-corrected chi connectivity index (χ4v) is 5.40. The van der Waals surface area contributed by atoms with Crippen molar-refractivity contribution in [1.82, 2.24) is 15.1 Å². The molecule has 6 nitrogen and oxygen atoms in total. The van der Waals surface area contributed by atoms with E-state index in [-0.39, 0.29) is 11.7 Å². The number of aromatic amines is 1. The van der Waals surface area contributed by atoms with Gasteiger partial charge in [0.1, 0.15) is 22.9 Å². The molecule has 1 aliphatic rings. The number of fused-ring (bicyclic) bond motifs is 1. The van der Waals surface area contributed by atoms with Gasteiger partial charge in [-0.2, -0.15) is 5.10 Å². The van der Waals surface area contributed by atoms with Gasteiger partial charge in [0.2, 0.25) is 0 Å². The number of nitrogens with zero attached hydrogens (tertiary/aromatic N) is 2. The molecule has 1 aliphatic heterocycles. The number of carbonyl (C=O) groups is 1. The van der Waals surface area contributed by atoms with Crippen LogP contribution in [0.5, 0.6) is 11.5 Å². The molecule has 39 heavy (non-hydrogen) atoms. The third kappa shape index (κ3) is 5.49. The Labute approximate surface area is 238 Å². The van der Waals surface area contributed by atoms with Crippen molar-refractivity contribution in [2.75, 3.05) is 6.61 Å². The quantitative estimate of drug-likeness (QED) is 0.191. The van der Waals surface area contributed by atoms with Crippen LogP contribution in [0, 0.1) is 6.92 Å². The molecule has 2 heterocycles. The van der Waals surface area contributed by atoms with Crippen LogP contribution in [0.15, 0.2) is 60.7 Å². The second-order valence-electron chi connectivity index (χ2n) is 9.88. The van der Waals surface area contributed by atoms with E-state index in [1.165, 1.54) is 12.8 Å². The van der Waals surface area contributed by atoms with E-state index < -0.39 is 6.04 Å². The van der Waals surface area contributed by atoms with E-state index in [9.17, 15) is 9.90 Å². The van der Waals surface area contributed by atoms with E-state index in [2.05, 4.69) is 17.1 Å². The summed E-state index contributed by atoms with van der Waals surface area (Å²) in [5, 5.41) is 19.3. The maximum atomic E-state index is 13.7. The normalized spacial score (nSPS) is 14.6. The van der Waals surface area contributed by atoms with Crippen LogP contribution in [0.4, 0.5) is 0 Å². The van der Waals surface area contributed by atoms with Crippen LogP contribution in [0.1, 0.15) is 71.4 Å². The second kappa shape index (κ2) is 11.7. The predicted octanol–water partition coefficient (Wildman–Crippen LogP) is 8.10. The maximum absolute atomic E-state index is 13.7. The number of halogens is 2. The van der Waals surface area contributed by atoms with Crippen LogP contribution >= 0.6 is 23.2 Å². The van der Waals surface area contributed by atoms with E-state index >= 15 is 0 Å². The van der Waals surface area contributed by atoms with Gasteiger partial charge in [-0.15, -0.1) is 0 Å². The van der Waals surface area contributed by atoms with Crippen molar-refractivity contribution in [3.8, 4) is 22.8 Å². The molecule has 0 fully saturated rings. The average molecular weight is 565 g/mol. The summed E-state index contributed by atoms with van der Waals surface area (Å²) in [6.45, 7) is 4.99. The fourth-order valence-electron chi connectivity index (χ4n) is 5.04. The largest absolute Gasteiger partial charge is 0.507 e. The molecule has 0 saturated carbocycles. The number of hydrogen-bond donors (Lipinski definition) is 2. The number of hydrogen-bond acceptors (Lipinski definition) is 4. The molecule has 0 radical (unpaired) electrons. The third-order valence-electron chi connectivity index (χ3n) is 7.16. The number of aromatic hydroxyl groups is 1. The first-order valence-corrected chi connectivity index (χ1v) is 14.0. The highest BCUT2D eigenvalue weighted by molar-refractivity contribution is 6.32. The molecule has 2 N–H and O–H groups in total. The van der Waals surface area contributed by atoms with Gasteiger partial charge in [-0.3, -0.25) is 9.89 Å². The number of benzene rings is 3. The molecule has 4 aromatic rings. The third-order valence-corrected chi connectivity index (χ3v) is 7.93. The summed E-state index contributed by atoms with van der Waals surface area (Å²) in [6.07, 6.45) is 4.56. The number of phenols is 1. The number of aromatic nitrogens is 2. The minimum atomic E-state index is -0.462. The minimum Gasteiger partial charge on any atom is -0.507 e. The Hall–Kier alpha value is -3.48. The number of H-pyrrole nitrogens is 1. The van der Waals surface area contributed by atoms with Gasteiger partial charge in [0.15, 0.2) is 0 Å². The lowest BCUT2D eigenvalue weighted by molar-refractivity contribution is 0.0730. The summed E-state index contributed by atoms with van der Waals surface area (Å²) in [4.78, 5) is 15.5. The molecule has 0 spiro atoms. The summed E-state index contributed by atoms with van der Waals surface area (Å²) in [5.41, 5.74) is 4.51. The van der Waals surface area contributed by atoms with E-state index in [1.807, 2.05) is 55.5 Å². The molecule has 1 aromatic heterocycles. The van der Waals surface area contributed by atoms with Crippen molar-refractivity contribution in [2.24, 2.45) is 0 Å². The van der Waals surface area contributed by atoms with Crippen LogP contribution in [0.25, 0.3) is 11.3 Å². The van der Waals surface area contributed by atoms with Crippen molar-refractivity contribution in [3.63, 3.8) is 0 Å². The molecule has 0 saturated heterocycles. The summed E-state index contributed by atoms with van der Waals surface area (Å²) in [5.74, 6) is 0.643. The highest BCUT2D eigenvalue weighted by Gasteiger charge is 2.42. The highest BCUT2D eigenvalue weighted by atomic mass is 35.5. The van der Waals surface area contributed by atoms with Gasteiger partial charge in [-0.1, -0.05) is 79.7 Å². The lowest BCUT2D eigenvalue weighted by Gasteiger charge is -2.27. The Morgan fingerprint density at radius 3 is 2.54 bits per heavy atom. The first-order valence-electron chi connectivity index (χ1n) is 13.2. The number of aryl methyl sites for hydroxylation is 1. The number of nitrogens with one attached hydrogen (secondary N) is 1. The van der Waals surface area contributed by atoms with Crippen molar-refractivity contribution in [1.29, 1.82) is 0 Å². The topological polar surface area (TPSA) is 78.5 Å². The Balaban J connectivity index is 1.53. The summed E-state index contributed by atoms with van der Waals surface area (Å²) in [6, 6.07) is 18.2. The molecule has 1 amide bonds. The van der Waals surface area contributed by atoms with Gasteiger partial charge in [-0.25, -0.2) is 0 Å². The standard InChI is InChI=1S/C31H31Cl2N3O3/c1-3-4-5-8-15-39-22-13-11-20(12-14-22)30-27-28(23-17-25(33)19(2)16-26(23)37)34-35-29(27)31(38)36(30)18-21-9-6-7-10-24(21)32/h6-7,9-14,16-17,30,37H,3-5,8,15,18H2,1-2H3,(H,34,35). The van der Waals surface area contributed by atoms with Gasteiger partial charge in [0, 0.05) is 27.7 Å². The monoisotopic (exact) mass is 563 g/mol. The van der Waals surface area contributed by atoms with E-state index in [0.717, 1.165) is 35.3 Å². The first-order chi connectivity index (χ1) is 18.9. The maximum Gasteiger partial charge on any atom is 0.273 e. The minimum absolute atomic E-state index is 0.0498. The van der Waals surface area contributed by atoms with E-state index in [0.29, 0.717) is 45.7 Å². The number of amides is 1. The number of ether oxygens (including phenoxy) is 1. The van der Waals surface area contributed by atoms with Crippen molar-refractivity contribution < 1.29 is 14.6 Å². The molecule has 0 aliphatic carbocycles. The highest BCUT2D eigenvalue weighted by Crippen LogP contribution is 2.46. The molecule has 0 bridgehead atoms. The SMILES string of the molecule is CCCCCCOc1ccc(C2c3c(-c4cc(Cl)c(C)cc4O)n[nH]c3C(=O)N2Cc2ccccc2Cl)cc1. The summed E-state index contributed by atoms with van der Waals surface area (Å²) in [7, 11) is 0. The average Bonchev–Trinajstić information content (AvgIpc) is 3.47. The molecular weight excluding hydrogens is 533 g/mol. The van der Waals surface area contributed by atoms with E-state index in [1.54, 1.807) is 17.0 Å². The van der Waals surface area contributed by atoms with Crippen LogP contribution in [-0.4, -0.2) is 32.7 Å². The van der Waals surface area contributed by atoms with Gasteiger partial charge < -0.3 is 14.7 Å². The van der Waals surface area contributed by atoms with Crippen LogP contribution in [-0.2, 0) is 6.54 Å². The zero-order valence-corrected chi connectivity index (χ0v) is 23.5. The first kappa shape index (κ1) is 27.1. The smallest absolute Gasteiger partial charge is 0.273 e. The Morgan fingerprint density at radius 1 is 1.03 bits per heavy atom. The Morgan fingerprint density at radius 2 is 1.79 bits per heavy atom. The molecule has 5 rings (SSSR count). The van der Waals surface area contributed by atoms with Gasteiger partial charge in [0.05, 0.1) is 12.6 Å². The lowest BCUT2D eigenvalue weighted by atomic mass is 9.95. The number of unbranched alkanes of at least 4 members (excludes halogenated alkanes) is 3. The summed E-state index contributed by atoms with van der Waals surface area (Å²) >= 11 is 12.9. The summed E-state index contributed by atoms with van der Waals surface area (Å²) < 4.78 is 5.95. The Bertz CT molecular complexity index is 1480. The van der Waals surface area contributed by atoms with Crippen LogP contribution in [0.2, 0.25) is 10.0 Å². The second-order valence-corrected chi connectivity index (χ2v) is 10.7. The van der Waals surface area contributed by atoms with Crippen molar-refractivity contribution in [2.45, 2.75) is 52.1 Å². The zero-order valence-electron chi connectivity index (χ0n) is 22.0. The lowest BCUT2D eigenvalue weighted by Crippen LogP contribution is -2.29. The van der Waals surface area contributed by atoms with E-state index in [4.69, 9.17) is 27.9 Å². The van der Waals surface area contributed by atoms with Gasteiger partial charge >= 0.3 is 0 Å². The van der Waals surface area contributed by atoms with Gasteiger partial charge in [0.25, 0.3) is 5.91 Å². The number of rotatable bonds is 10. The Kier molecular flexibility index (Phi) is 8.15. The number of phenolic OH excluding ortho intramolecular Hbond substituents is 1.